The lowest BCUT2D eigenvalue weighted by molar-refractivity contribution is -0.138. The Morgan fingerprint density at radius 1 is 1.32 bits per heavy atom. The van der Waals surface area contributed by atoms with Crippen molar-refractivity contribution in [1.82, 2.24) is 10.2 Å². The highest BCUT2D eigenvalue weighted by molar-refractivity contribution is 14.1. The molecule has 2 aliphatic carbocycles. The van der Waals surface area contributed by atoms with Gasteiger partial charge in [0.2, 0.25) is 11.8 Å². The van der Waals surface area contributed by atoms with Gasteiger partial charge in [-0.25, -0.2) is 0 Å². The fourth-order valence-electron chi connectivity index (χ4n) is 4.04. The molecule has 2 aliphatic rings. The number of aliphatic hydroxyl groups excluding tert-OH is 2. The molecule has 0 bridgehead atoms. The first-order valence-electron chi connectivity index (χ1n) is 11.4. The largest absolute Gasteiger partial charge is 0.493 e. The van der Waals surface area contributed by atoms with Gasteiger partial charge in [0, 0.05) is 37.1 Å². The highest BCUT2D eigenvalue weighted by Crippen LogP contribution is 2.38. The highest BCUT2D eigenvalue weighted by atomic mass is 127. The molecular weight excluding hydrogens is 555 g/mol. The number of aldehydes is 1. The van der Waals surface area contributed by atoms with E-state index >= 15 is 0 Å². The van der Waals surface area contributed by atoms with Crippen LogP contribution in [0.1, 0.15) is 43.0 Å². The number of benzene rings is 1. The third kappa shape index (κ3) is 6.28. The topological polar surface area (TPSA) is 125 Å². The van der Waals surface area contributed by atoms with Crippen LogP contribution in [-0.4, -0.2) is 78.3 Å². The van der Waals surface area contributed by atoms with Gasteiger partial charge >= 0.3 is 0 Å². The smallest absolute Gasteiger partial charge is 0.247 e. The van der Waals surface area contributed by atoms with Crippen LogP contribution in [0.3, 0.4) is 0 Å². The number of hydrogen-bond donors (Lipinski definition) is 3. The van der Waals surface area contributed by atoms with Crippen LogP contribution in [-0.2, 0) is 9.59 Å². The summed E-state index contributed by atoms with van der Waals surface area (Å²) in [6, 6.07) is 2.53. The molecule has 1 aromatic carbocycles. The summed E-state index contributed by atoms with van der Waals surface area (Å²) in [5.41, 5.74) is 0.788. The molecule has 0 saturated heterocycles. The minimum Gasteiger partial charge on any atom is -0.493 e. The Morgan fingerprint density at radius 2 is 2.06 bits per heavy atom. The molecule has 1 aromatic rings. The van der Waals surface area contributed by atoms with Gasteiger partial charge in [-0.2, -0.15) is 0 Å². The average Bonchev–Trinajstić information content (AvgIpc) is 3.66. The summed E-state index contributed by atoms with van der Waals surface area (Å²) >= 11 is 2.02. The summed E-state index contributed by atoms with van der Waals surface area (Å²) in [5.74, 6) is 0.585. The molecule has 2 amide bonds. The normalized spacial score (nSPS) is 21.9. The van der Waals surface area contributed by atoms with E-state index in [1.807, 2.05) is 22.6 Å². The molecule has 10 heteroatoms. The van der Waals surface area contributed by atoms with Crippen molar-refractivity contribution in [3.8, 4) is 11.5 Å². The van der Waals surface area contributed by atoms with Crippen molar-refractivity contribution in [1.29, 1.82) is 0 Å². The van der Waals surface area contributed by atoms with E-state index in [0.29, 0.717) is 45.0 Å². The number of methoxy groups -OCH3 is 1. The first kappa shape index (κ1) is 26.4. The average molecular weight is 586 g/mol. The Morgan fingerprint density at radius 3 is 2.65 bits per heavy atom. The zero-order valence-electron chi connectivity index (χ0n) is 19.3. The molecule has 3 rings (SSSR count). The summed E-state index contributed by atoms with van der Waals surface area (Å²) in [6.07, 6.45) is 2.77. The van der Waals surface area contributed by atoms with Gasteiger partial charge in [0.15, 0.2) is 11.5 Å². The second kappa shape index (κ2) is 12.0. The molecule has 9 nitrogen and oxygen atoms in total. The second-order valence-corrected chi connectivity index (χ2v) is 9.67. The van der Waals surface area contributed by atoms with Crippen LogP contribution in [0.4, 0.5) is 0 Å². The molecule has 186 valence electrons. The van der Waals surface area contributed by atoms with E-state index in [0.717, 1.165) is 12.8 Å². The summed E-state index contributed by atoms with van der Waals surface area (Å²) in [6.45, 7) is 2.19. The lowest BCUT2D eigenvalue weighted by Gasteiger charge is -2.40. The minimum atomic E-state index is -1.09. The maximum Gasteiger partial charge on any atom is 0.247 e. The first-order chi connectivity index (χ1) is 16.3. The van der Waals surface area contributed by atoms with Crippen LogP contribution >= 0.6 is 22.6 Å². The molecule has 0 spiro atoms. The van der Waals surface area contributed by atoms with E-state index in [2.05, 4.69) is 5.32 Å². The van der Waals surface area contributed by atoms with E-state index in [1.165, 1.54) is 13.2 Å². The van der Waals surface area contributed by atoms with Crippen LogP contribution in [0, 0.1) is 9.49 Å². The zero-order chi connectivity index (χ0) is 24.8. The molecule has 1 saturated carbocycles. The quantitative estimate of drug-likeness (QED) is 0.266. The van der Waals surface area contributed by atoms with Crippen LogP contribution in [0.25, 0.3) is 0 Å². The fraction of sp³-hybridized carbons (Fsp3) is 0.542. The number of halogens is 1. The lowest BCUT2D eigenvalue weighted by Crippen LogP contribution is -2.55. The molecule has 0 unspecified atom stereocenters. The van der Waals surface area contributed by atoms with E-state index in [-0.39, 0.29) is 37.8 Å². The Hall–Kier alpha value is -2.18. The second-order valence-electron chi connectivity index (χ2n) is 8.51. The van der Waals surface area contributed by atoms with Gasteiger partial charge in [0.25, 0.3) is 0 Å². The van der Waals surface area contributed by atoms with E-state index in [1.54, 1.807) is 24.0 Å². The van der Waals surface area contributed by atoms with Crippen molar-refractivity contribution in [3.05, 3.63) is 32.9 Å². The number of amides is 2. The molecule has 0 heterocycles. The highest BCUT2D eigenvalue weighted by Gasteiger charge is 2.42. The molecule has 0 aromatic heterocycles. The van der Waals surface area contributed by atoms with Gasteiger partial charge in [0.05, 0.1) is 23.3 Å². The Bertz CT molecular complexity index is 947. The van der Waals surface area contributed by atoms with Gasteiger partial charge in [-0.3, -0.25) is 14.4 Å². The maximum absolute atomic E-state index is 12.8. The zero-order valence-corrected chi connectivity index (χ0v) is 21.5. The first-order valence-corrected chi connectivity index (χ1v) is 12.5. The number of ether oxygens (including phenoxy) is 2. The summed E-state index contributed by atoms with van der Waals surface area (Å²) in [5, 5.41) is 23.1. The number of nitrogens with zero attached hydrogens (tertiary/aromatic N) is 1. The third-order valence-corrected chi connectivity index (χ3v) is 6.83. The van der Waals surface area contributed by atoms with Gasteiger partial charge in [-0.1, -0.05) is 6.92 Å². The van der Waals surface area contributed by atoms with Crippen molar-refractivity contribution in [2.75, 3.05) is 26.8 Å². The lowest BCUT2D eigenvalue weighted by atomic mass is 9.87. The van der Waals surface area contributed by atoms with Crippen molar-refractivity contribution in [2.24, 2.45) is 5.92 Å². The Labute approximate surface area is 212 Å². The van der Waals surface area contributed by atoms with Gasteiger partial charge in [-0.05, 0) is 59.6 Å². The Balaban J connectivity index is 1.97. The molecule has 0 radical (unpaired) electrons. The number of rotatable bonds is 11. The molecule has 0 aliphatic heterocycles. The van der Waals surface area contributed by atoms with Gasteiger partial charge < -0.3 is 29.9 Å². The van der Waals surface area contributed by atoms with Crippen molar-refractivity contribution >= 4 is 40.7 Å². The van der Waals surface area contributed by atoms with Crippen molar-refractivity contribution in [3.63, 3.8) is 0 Å². The summed E-state index contributed by atoms with van der Waals surface area (Å²) < 4.78 is 12.2. The summed E-state index contributed by atoms with van der Waals surface area (Å²) in [4.78, 5) is 38.5. The number of carbonyl (C=O) groups is 3. The minimum absolute atomic E-state index is 0.0887. The number of hydrogen-bond acceptors (Lipinski definition) is 7. The maximum atomic E-state index is 12.8. The van der Waals surface area contributed by atoms with Gasteiger partial charge in [-0.15, -0.1) is 0 Å². The predicted octanol–water partition coefficient (Wildman–Crippen LogP) is 1.68. The van der Waals surface area contributed by atoms with E-state index in [9.17, 15) is 19.5 Å². The SMILES string of the molecule is CCC(=O)N(CC1CC1)[C@@H]1CC(C(=O)NCCO)=C[C@H](Oc2c(I)cc(C=O)cc2OC)[C@H]1O. The van der Waals surface area contributed by atoms with E-state index < -0.39 is 18.2 Å². The Kier molecular flexibility index (Phi) is 9.31. The third-order valence-electron chi connectivity index (χ3n) is 6.03. The monoisotopic (exact) mass is 586 g/mol. The van der Waals surface area contributed by atoms with Crippen LogP contribution < -0.4 is 14.8 Å². The number of aliphatic hydroxyl groups is 2. The molecule has 34 heavy (non-hydrogen) atoms. The van der Waals surface area contributed by atoms with Crippen LogP contribution in [0.15, 0.2) is 23.8 Å². The molecule has 1 fully saturated rings. The molecule has 3 atom stereocenters. The van der Waals surface area contributed by atoms with Crippen molar-refractivity contribution in [2.45, 2.75) is 50.9 Å². The number of carbonyl (C=O) groups excluding carboxylic acids is 3. The van der Waals surface area contributed by atoms with Crippen LogP contribution in [0.5, 0.6) is 11.5 Å². The van der Waals surface area contributed by atoms with Crippen molar-refractivity contribution < 1.29 is 34.1 Å². The van der Waals surface area contributed by atoms with E-state index in [4.69, 9.17) is 14.6 Å². The van der Waals surface area contributed by atoms with Crippen LogP contribution in [0.2, 0.25) is 0 Å². The molecule has 3 N–H and O–H groups in total. The predicted molar refractivity (Wildman–Crippen MR) is 133 cm³/mol. The number of nitrogens with one attached hydrogen (secondary N) is 1. The van der Waals surface area contributed by atoms with Gasteiger partial charge in [0.1, 0.15) is 18.5 Å². The standard InChI is InChI=1S/C24H31IN2O7/c1-3-21(30)27(12-14-4-5-14)18-10-16(24(32)26-6-7-28)11-19(22(18)31)34-23-17(25)8-15(13-29)9-20(23)33-2/h8-9,11,13-14,18-19,22,28,31H,3-7,10,12H2,1-2H3,(H,26,32)/t18-,19+,22+/m1/s1. The summed E-state index contributed by atoms with van der Waals surface area (Å²) in [7, 11) is 1.45. The fourth-order valence-corrected chi connectivity index (χ4v) is 4.79. The molecular formula is C24H31IN2O7.